The van der Waals surface area contributed by atoms with Gasteiger partial charge in [0, 0.05) is 11.8 Å². The van der Waals surface area contributed by atoms with Crippen LogP contribution in [0.25, 0.3) is 21.7 Å². The Balaban J connectivity index is 1.82. The summed E-state index contributed by atoms with van der Waals surface area (Å²) in [5, 5.41) is 1.87. The zero-order valence-electron chi connectivity index (χ0n) is 12.0. The van der Waals surface area contributed by atoms with Gasteiger partial charge in [-0.05, 0) is 24.0 Å². The average Bonchev–Trinajstić information content (AvgIpc) is 2.99. The lowest BCUT2D eigenvalue weighted by Gasteiger charge is -2.26. The van der Waals surface area contributed by atoms with Gasteiger partial charge in [0.2, 0.25) is 0 Å². The quantitative estimate of drug-likeness (QED) is 0.653. The standard InChI is InChI=1S/C17H15NO2S/c1-17(2)8-11-15(12(19)9-17)21-16(18-11)14-7-10-5-3-4-6-13(10)20-14/h3-7H,8-9H2,1-2H3. The van der Waals surface area contributed by atoms with Gasteiger partial charge in [0.15, 0.2) is 16.6 Å². The minimum absolute atomic E-state index is 0.00328. The molecule has 1 aromatic carbocycles. The highest BCUT2D eigenvalue weighted by Gasteiger charge is 2.34. The van der Waals surface area contributed by atoms with Crippen LogP contribution in [0, 0.1) is 5.41 Å². The van der Waals surface area contributed by atoms with Crippen molar-refractivity contribution in [3.05, 3.63) is 40.9 Å². The van der Waals surface area contributed by atoms with Crippen molar-refractivity contribution >= 4 is 28.1 Å². The van der Waals surface area contributed by atoms with Gasteiger partial charge in [0.25, 0.3) is 0 Å². The topological polar surface area (TPSA) is 43.1 Å². The number of fused-ring (bicyclic) bond motifs is 2. The van der Waals surface area contributed by atoms with Crippen LogP contribution in [0.3, 0.4) is 0 Å². The number of nitrogens with zero attached hydrogens (tertiary/aromatic N) is 1. The lowest BCUT2D eigenvalue weighted by Crippen LogP contribution is -2.25. The van der Waals surface area contributed by atoms with Crippen molar-refractivity contribution < 1.29 is 9.21 Å². The molecular weight excluding hydrogens is 282 g/mol. The smallest absolute Gasteiger partial charge is 0.175 e. The van der Waals surface area contributed by atoms with E-state index in [1.165, 1.54) is 11.3 Å². The van der Waals surface area contributed by atoms with E-state index >= 15 is 0 Å². The summed E-state index contributed by atoms with van der Waals surface area (Å²) in [7, 11) is 0. The molecule has 1 aliphatic rings. The number of furan rings is 1. The number of Topliss-reactive ketones (excluding diaryl/α,β-unsaturated/α-hetero) is 1. The molecule has 0 saturated heterocycles. The highest BCUT2D eigenvalue weighted by Crippen LogP contribution is 2.40. The summed E-state index contributed by atoms with van der Waals surface area (Å²) in [5.74, 6) is 0.960. The lowest BCUT2D eigenvalue weighted by molar-refractivity contribution is 0.0916. The Morgan fingerprint density at radius 1 is 1.24 bits per heavy atom. The van der Waals surface area contributed by atoms with Gasteiger partial charge in [0.05, 0.1) is 10.6 Å². The molecule has 21 heavy (non-hydrogen) atoms. The van der Waals surface area contributed by atoms with Gasteiger partial charge in [-0.25, -0.2) is 4.98 Å². The van der Waals surface area contributed by atoms with E-state index in [2.05, 4.69) is 18.8 Å². The minimum atomic E-state index is 0.00328. The summed E-state index contributed by atoms with van der Waals surface area (Å²) in [6.45, 7) is 4.24. The van der Waals surface area contributed by atoms with Crippen molar-refractivity contribution in [2.75, 3.05) is 0 Å². The van der Waals surface area contributed by atoms with Crippen LogP contribution in [0.15, 0.2) is 34.7 Å². The van der Waals surface area contributed by atoms with Gasteiger partial charge in [-0.3, -0.25) is 4.79 Å². The number of para-hydroxylation sites is 1. The van der Waals surface area contributed by atoms with Gasteiger partial charge in [-0.15, -0.1) is 11.3 Å². The Bertz CT molecular complexity index is 824. The third kappa shape index (κ3) is 2.10. The van der Waals surface area contributed by atoms with Crippen LogP contribution in [0.5, 0.6) is 0 Å². The van der Waals surface area contributed by atoms with Crippen molar-refractivity contribution in [2.45, 2.75) is 26.7 Å². The van der Waals surface area contributed by atoms with Crippen molar-refractivity contribution in [3.63, 3.8) is 0 Å². The number of thiazole rings is 1. The predicted molar refractivity (Wildman–Crippen MR) is 83.8 cm³/mol. The summed E-state index contributed by atoms with van der Waals surface area (Å²) >= 11 is 1.46. The fraction of sp³-hybridized carbons (Fsp3) is 0.294. The number of carbonyl (C=O) groups is 1. The van der Waals surface area contributed by atoms with E-state index in [0.29, 0.717) is 6.42 Å². The molecule has 2 aromatic heterocycles. The largest absolute Gasteiger partial charge is 0.454 e. The fourth-order valence-corrected chi connectivity index (χ4v) is 3.88. The van der Waals surface area contributed by atoms with Crippen LogP contribution < -0.4 is 0 Å². The number of benzene rings is 1. The van der Waals surface area contributed by atoms with E-state index in [9.17, 15) is 4.79 Å². The second kappa shape index (κ2) is 4.28. The molecule has 0 atom stereocenters. The van der Waals surface area contributed by atoms with E-state index in [-0.39, 0.29) is 11.2 Å². The molecule has 3 nitrogen and oxygen atoms in total. The van der Waals surface area contributed by atoms with E-state index in [1.54, 1.807) is 0 Å². The molecule has 2 heterocycles. The highest BCUT2D eigenvalue weighted by atomic mass is 32.1. The first kappa shape index (κ1) is 12.8. The molecule has 0 unspecified atom stereocenters. The monoisotopic (exact) mass is 297 g/mol. The number of ketones is 1. The summed E-state index contributed by atoms with van der Waals surface area (Å²) in [6.07, 6.45) is 1.45. The van der Waals surface area contributed by atoms with Crippen LogP contribution in [0.4, 0.5) is 0 Å². The Kier molecular flexibility index (Phi) is 2.60. The Labute approximate surface area is 126 Å². The maximum Gasteiger partial charge on any atom is 0.175 e. The summed E-state index contributed by atoms with van der Waals surface area (Å²) in [5.41, 5.74) is 1.78. The first-order valence-corrected chi connectivity index (χ1v) is 7.85. The number of carbonyl (C=O) groups excluding carboxylic acids is 1. The SMILES string of the molecule is CC1(C)CC(=O)c2sc(-c3cc4ccccc4o3)nc2C1. The van der Waals surface area contributed by atoms with Crippen molar-refractivity contribution in [2.24, 2.45) is 5.41 Å². The van der Waals surface area contributed by atoms with Gasteiger partial charge in [-0.1, -0.05) is 32.0 Å². The van der Waals surface area contributed by atoms with Crippen LogP contribution in [-0.2, 0) is 6.42 Å². The Hall–Kier alpha value is -1.94. The highest BCUT2D eigenvalue weighted by molar-refractivity contribution is 7.17. The summed E-state index contributed by atoms with van der Waals surface area (Å²) in [6, 6.07) is 9.90. The molecular formula is C17H15NO2S. The van der Waals surface area contributed by atoms with Gasteiger partial charge >= 0.3 is 0 Å². The molecule has 0 saturated carbocycles. The van der Waals surface area contributed by atoms with E-state index in [4.69, 9.17) is 4.42 Å². The first-order valence-electron chi connectivity index (χ1n) is 7.04. The zero-order valence-corrected chi connectivity index (χ0v) is 12.8. The van der Waals surface area contributed by atoms with Crippen LogP contribution in [0.1, 0.15) is 35.6 Å². The number of aromatic nitrogens is 1. The molecule has 4 rings (SSSR count). The van der Waals surface area contributed by atoms with Gasteiger partial charge in [0.1, 0.15) is 5.58 Å². The molecule has 3 aromatic rings. The van der Waals surface area contributed by atoms with Gasteiger partial charge in [-0.2, -0.15) is 0 Å². The van der Waals surface area contributed by atoms with Crippen LogP contribution in [0.2, 0.25) is 0 Å². The number of rotatable bonds is 1. The maximum absolute atomic E-state index is 12.3. The predicted octanol–water partition coefficient (Wildman–Crippen LogP) is 4.71. The average molecular weight is 297 g/mol. The lowest BCUT2D eigenvalue weighted by atomic mass is 9.78. The molecule has 0 amide bonds. The second-order valence-corrected chi connectivity index (χ2v) is 7.38. The molecule has 1 aliphatic carbocycles. The van der Waals surface area contributed by atoms with E-state index in [1.807, 2.05) is 30.3 Å². The zero-order chi connectivity index (χ0) is 14.6. The molecule has 106 valence electrons. The number of hydrogen-bond acceptors (Lipinski definition) is 4. The molecule has 0 bridgehead atoms. The molecule has 0 aliphatic heterocycles. The minimum Gasteiger partial charge on any atom is -0.454 e. The molecule has 0 spiro atoms. The normalized spacial score (nSPS) is 17.1. The van der Waals surface area contributed by atoms with E-state index in [0.717, 1.165) is 38.7 Å². The maximum atomic E-state index is 12.3. The van der Waals surface area contributed by atoms with Crippen molar-refractivity contribution in [1.29, 1.82) is 0 Å². The molecule has 0 N–H and O–H groups in total. The van der Waals surface area contributed by atoms with Crippen molar-refractivity contribution in [1.82, 2.24) is 4.98 Å². The van der Waals surface area contributed by atoms with Crippen LogP contribution in [-0.4, -0.2) is 10.8 Å². The van der Waals surface area contributed by atoms with E-state index < -0.39 is 0 Å². The second-order valence-electron chi connectivity index (χ2n) is 6.38. The molecule has 0 fully saturated rings. The van der Waals surface area contributed by atoms with Gasteiger partial charge < -0.3 is 4.42 Å². The third-order valence-electron chi connectivity index (χ3n) is 3.87. The van der Waals surface area contributed by atoms with Crippen molar-refractivity contribution in [3.8, 4) is 10.8 Å². The summed E-state index contributed by atoms with van der Waals surface area (Å²) in [4.78, 5) is 17.7. The fourth-order valence-electron chi connectivity index (χ4n) is 2.91. The first-order chi connectivity index (χ1) is 10.0. The summed E-state index contributed by atoms with van der Waals surface area (Å²) < 4.78 is 5.86. The van der Waals surface area contributed by atoms with Crippen LogP contribution >= 0.6 is 11.3 Å². The molecule has 4 heteroatoms. The number of hydrogen-bond donors (Lipinski definition) is 0. The molecule has 0 radical (unpaired) electrons. The third-order valence-corrected chi connectivity index (χ3v) is 5.03. The Morgan fingerprint density at radius 3 is 2.86 bits per heavy atom. The Morgan fingerprint density at radius 2 is 2.05 bits per heavy atom.